The van der Waals surface area contributed by atoms with E-state index in [-0.39, 0.29) is 0 Å². The van der Waals surface area contributed by atoms with Crippen molar-refractivity contribution < 1.29 is 9.90 Å². The Kier molecular flexibility index (Phi) is 5.57. The van der Waals surface area contributed by atoms with Crippen molar-refractivity contribution in [2.24, 2.45) is 5.73 Å². The lowest BCUT2D eigenvalue weighted by molar-refractivity contribution is -0.138. The lowest BCUT2D eigenvalue weighted by Gasteiger charge is -2.07. The SMILES string of the molecule is CC.Cc1[nH]c2cccc(Br)c2c1CC(N)C(=O)O. The standard InChI is InChI=1S/C12H13BrN2O2.C2H6/c1-6-7(5-9(14)12(16)17)11-8(13)3-2-4-10(11)15-6;1-2/h2-4,9,15H,5,14H2,1H3,(H,16,17);1-2H3. The fraction of sp³-hybridized carbons (Fsp3) is 0.357. The van der Waals surface area contributed by atoms with Crippen molar-refractivity contribution in [2.75, 3.05) is 0 Å². The number of H-pyrrole nitrogens is 1. The second-order valence-electron chi connectivity index (χ2n) is 4.04. The minimum Gasteiger partial charge on any atom is -0.480 e. The van der Waals surface area contributed by atoms with Crippen LogP contribution in [0.4, 0.5) is 0 Å². The zero-order valence-electron chi connectivity index (χ0n) is 11.3. The smallest absolute Gasteiger partial charge is 0.320 e. The predicted octanol–water partition coefficient (Wildman–Crippen LogP) is 3.22. The van der Waals surface area contributed by atoms with Gasteiger partial charge in [0.05, 0.1) is 0 Å². The number of rotatable bonds is 3. The number of hydrogen-bond acceptors (Lipinski definition) is 2. The average Bonchev–Trinajstić information content (AvgIpc) is 2.69. The number of carboxylic acid groups (broad SMARTS) is 1. The molecule has 0 aliphatic rings. The van der Waals surface area contributed by atoms with Crippen LogP contribution in [-0.2, 0) is 11.2 Å². The predicted molar refractivity (Wildman–Crippen MR) is 81.4 cm³/mol. The largest absolute Gasteiger partial charge is 0.480 e. The topological polar surface area (TPSA) is 79.1 Å². The van der Waals surface area contributed by atoms with Gasteiger partial charge in [0.25, 0.3) is 0 Å². The van der Waals surface area contributed by atoms with Gasteiger partial charge in [-0.1, -0.05) is 35.8 Å². The number of aromatic nitrogens is 1. The Bertz CT molecular complexity index is 578. The number of nitrogens with one attached hydrogen (secondary N) is 1. The number of fused-ring (bicyclic) bond motifs is 1. The molecule has 2 aromatic rings. The number of nitrogens with two attached hydrogens (primary N) is 1. The number of aryl methyl sites for hydroxylation is 1. The van der Waals surface area contributed by atoms with Gasteiger partial charge in [0.2, 0.25) is 0 Å². The van der Waals surface area contributed by atoms with E-state index in [9.17, 15) is 4.79 Å². The first-order valence-electron chi connectivity index (χ1n) is 6.24. The van der Waals surface area contributed by atoms with Crippen LogP contribution in [-0.4, -0.2) is 22.1 Å². The number of hydrogen-bond donors (Lipinski definition) is 3. The first-order chi connectivity index (χ1) is 9.00. The molecule has 0 amide bonds. The van der Waals surface area contributed by atoms with Gasteiger partial charge in [-0.2, -0.15) is 0 Å². The molecule has 1 aromatic carbocycles. The molecule has 1 aromatic heterocycles. The molecule has 5 heteroatoms. The van der Waals surface area contributed by atoms with Crippen molar-refractivity contribution >= 4 is 32.8 Å². The van der Waals surface area contributed by atoms with Crippen LogP contribution in [0.2, 0.25) is 0 Å². The minimum absolute atomic E-state index is 0.323. The van der Waals surface area contributed by atoms with Crippen LogP contribution < -0.4 is 5.73 Å². The van der Waals surface area contributed by atoms with Crippen LogP contribution >= 0.6 is 15.9 Å². The summed E-state index contributed by atoms with van der Waals surface area (Å²) in [7, 11) is 0. The van der Waals surface area contributed by atoms with Crippen molar-refractivity contribution in [3.05, 3.63) is 33.9 Å². The first-order valence-corrected chi connectivity index (χ1v) is 7.04. The summed E-state index contributed by atoms with van der Waals surface area (Å²) >= 11 is 3.48. The van der Waals surface area contributed by atoms with Crippen molar-refractivity contribution in [3.8, 4) is 0 Å². The number of aliphatic carboxylic acids is 1. The quantitative estimate of drug-likeness (QED) is 0.810. The molecule has 0 saturated heterocycles. The number of halogens is 1. The maximum atomic E-state index is 10.8. The fourth-order valence-corrected chi connectivity index (χ4v) is 2.57. The van der Waals surface area contributed by atoms with Gasteiger partial charge in [0.15, 0.2) is 0 Å². The summed E-state index contributed by atoms with van der Waals surface area (Å²) < 4.78 is 0.951. The molecule has 0 spiro atoms. The maximum Gasteiger partial charge on any atom is 0.320 e. The highest BCUT2D eigenvalue weighted by Gasteiger charge is 2.18. The van der Waals surface area contributed by atoms with Gasteiger partial charge in [0, 0.05) is 27.5 Å². The van der Waals surface area contributed by atoms with Gasteiger partial charge < -0.3 is 15.8 Å². The highest BCUT2D eigenvalue weighted by Crippen LogP contribution is 2.30. The maximum absolute atomic E-state index is 10.8. The van der Waals surface area contributed by atoms with E-state index in [1.807, 2.05) is 39.0 Å². The number of benzene rings is 1. The van der Waals surface area contributed by atoms with Crippen LogP contribution in [0, 0.1) is 6.92 Å². The zero-order chi connectivity index (χ0) is 14.6. The molecule has 0 aliphatic heterocycles. The van der Waals surface area contributed by atoms with E-state index in [2.05, 4.69) is 20.9 Å². The molecule has 1 heterocycles. The normalized spacial score (nSPS) is 11.8. The lowest BCUT2D eigenvalue weighted by atomic mass is 10.0. The van der Waals surface area contributed by atoms with Gasteiger partial charge >= 0.3 is 5.97 Å². The molecule has 0 fully saturated rings. The first kappa shape index (κ1) is 15.7. The monoisotopic (exact) mass is 326 g/mol. The Balaban J connectivity index is 0.000000861. The molecular formula is C14H19BrN2O2. The summed E-state index contributed by atoms with van der Waals surface area (Å²) in [6, 6.07) is 4.96. The van der Waals surface area contributed by atoms with Crippen molar-refractivity contribution in [2.45, 2.75) is 33.2 Å². The fourth-order valence-electron chi connectivity index (χ4n) is 1.96. The van der Waals surface area contributed by atoms with E-state index in [0.717, 1.165) is 26.6 Å². The summed E-state index contributed by atoms with van der Waals surface area (Å²) in [6.07, 6.45) is 0.323. The third-order valence-electron chi connectivity index (χ3n) is 2.83. The Morgan fingerprint density at radius 3 is 2.68 bits per heavy atom. The molecule has 0 aliphatic carbocycles. The Morgan fingerprint density at radius 2 is 2.11 bits per heavy atom. The molecule has 19 heavy (non-hydrogen) atoms. The Hall–Kier alpha value is -1.33. The van der Waals surface area contributed by atoms with Gasteiger partial charge in [-0.05, 0) is 24.6 Å². The third-order valence-corrected chi connectivity index (χ3v) is 3.49. The van der Waals surface area contributed by atoms with Crippen LogP contribution in [0.1, 0.15) is 25.1 Å². The Labute approximate surface area is 121 Å². The van der Waals surface area contributed by atoms with Crippen molar-refractivity contribution in [1.82, 2.24) is 4.98 Å². The number of carboxylic acids is 1. The zero-order valence-corrected chi connectivity index (χ0v) is 12.9. The molecule has 2 rings (SSSR count). The summed E-state index contributed by atoms with van der Waals surface area (Å²) in [5.41, 5.74) is 8.50. The van der Waals surface area contributed by atoms with E-state index in [4.69, 9.17) is 10.8 Å². The minimum atomic E-state index is -0.981. The molecule has 104 valence electrons. The van der Waals surface area contributed by atoms with E-state index in [1.54, 1.807) is 0 Å². The molecule has 0 saturated carbocycles. The van der Waals surface area contributed by atoms with Gasteiger partial charge in [-0.15, -0.1) is 0 Å². The van der Waals surface area contributed by atoms with Crippen LogP contribution in [0.3, 0.4) is 0 Å². The lowest BCUT2D eigenvalue weighted by Crippen LogP contribution is -2.32. The summed E-state index contributed by atoms with van der Waals surface area (Å²) in [5, 5.41) is 9.88. The molecule has 0 radical (unpaired) electrons. The molecule has 1 atom stereocenters. The average molecular weight is 327 g/mol. The van der Waals surface area contributed by atoms with Crippen molar-refractivity contribution in [3.63, 3.8) is 0 Å². The highest BCUT2D eigenvalue weighted by atomic mass is 79.9. The highest BCUT2D eigenvalue weighted by molar-refractivity contribution is 9.10. The number of aromatic amines is 1. The summed E-state index contributed by atoms with van der Waals surface area (Å²) in [4.78, 5) is 14.0. The summed E-state index contributed by atoms with van der Waals surface area (Å²) in [5.74, 6) is -0.981. The second kappa shape index (κ2) is 6.73. The van der Waals surface area contributed by atoms with Gasteiger partial charge in [0.1, 0.15) is 6.04 Å². The van der Waals surface area contributed by atoms with E-state index < -0.39 is 12.0 Å². The van der Waals surface area contributed by atoms with Crippen LogP contribution in [0.15, 0.2) is 22.7 Å². The molecule has 4 N–H and O–H groups in total. The number of carbonyl (C=O) groups is 1. The second-order valence-corrected chi connectivity index (χ2v) is 4.89. The van der Waals surface area contributed by atoms with Crippen LogP contribution in [0.25, 0.3) is 10.9 Å². The van der Waals surface area contributed by atoms with Crippen LogP contribution in [0.5, 0.6) is 0 Å². The van der Waals surface area contributed by atoms with E-state index in [1.165, 1.54) is 0 Å². The van der Waals surface area contributed by atoms with Gasteiger partial charge in [-0.25, -0.2) is 0 Å². The molecule has 4 nitrogen and oxygen atoms in total. The summed E-state index contributed by atoms with van der Waals surface area (Å²) in [6.45, 7) is 5.93. The van der Waals surface area contributed by atoms with Gasteiger partial charge in [-0.3, -0.25) is 4.79 Å². The molecule has 0 bridgehead atoms. The third kappa shape index (κ3) is 3.36. The Morgan fingerprint density at radius 1 is 1.47 bits per heavy atom. The van der Waals surface area contributed by atoms with E-state index >= 15 is 0 Å². The van der Waals surface area contributed by atoms with Crippen molar-refractivity contribution in [1.29, 1.82) is 0 Å². The molecular weight excluding hydrogens is 308 g/mol. The molecule has 1 unspecified atom stereocenters. The van der Waals surface area contributed by atoms with E-state index in [0.29, 0.717) is 6.42 Å².